The number of likely N-dealkylation sites (N-methyl/N-ethyl adjacent to an activating group) is 1. The number of aromatic nitrogens is 2. The molecule has 1 aromatic heterocycles. The van der Waals surface area contributed by atoms with E-state index < -0.39 is 11.2 Å². The summed E-state index contributed by atoms with van der Waals surface area (Å²) in [6.07, 6.45) is 0. The van der Waals surface area contributed by atoms with Crippen LogP contribution in [0.3, 0.4) is 0 Å². The highest BCUT2D eigenvalue weighted by atomic mass is 16.5. The lowest BCUT2D eigenvalue weighted by Crippen LogP contribution is -2.61. The minimum absolute atomic E-state index is 0.0499. The van der Waals surface area contributed by atoms with Gasteiger partial charge in [0.25, 0.3) is 5.56 Å². The predicted molar refractivity (Wildman–Crippen MR) is 86.9 cm³/mol. The van der Waals surface area contributed by atoms with Crippen molar-refractivity contribution in [2.24, 2.45) is 14.1 Å². The lowest BCUT2D eigenvalue weighted by molar-refractivity contribution is -0.144. The topological polar surface area (TPSA) is 101 Å². The van der Waals surface area contributed by atoms with E-state index in [1.165, 1.54) is 18.7 Å². The van der Waals surface area contributed by atoms with Gasteiger partial charge in [-0.1, -0.05) is 0 Å². The summed E-state index contributed by atoms with van der Waals surface area (Å²) in [6, 6.07) is 1.98. The van der Waals surface area contributed by atoms with Crippen LogP contribution in [0.5, 0.6) is 0 Å². The van der Waals surface area contributed by atoms with Gasteiger partial charge in [-0.15, -0.1) is 0 Å². The molecule has 2 rings (SSSR count). The normalized spacial score (nSPS) is 14.4. The summed E-state index contributed by atoms with van der Waals surface area (Å²) in [5.41, 5.74) is -1.12. The Morgan fingerprint density at radius 3 is 2.50 bits per heavy atom. The first-order valence-electron chi connectivity index (χ1n) is 7.62. The number of esters is 1. The second-order valence-electron chi connectivity index (χ2n) is 5.80. The van der Waals surface area contributed by atoms with Crippen LogP contribution < -0.4 is 16.1 Å². The van der Waals surface area contributed by atoms with Crippen molar-refractivity contribution in [2.45, 2.75) is 13.0 Å². The lowest BCUT2D eigenvalue weighted by atomic mass is 10.1. The maximum absolute atomic E-state index is 12.1. The molecular weight excluding hydrogens is 314 g/mol. The van der Waals surface area contributed by atoms with Crippen molar-refractivity contribution in [3.8, 4) is 6.07 Å². The first kappa shape index (κ1) is 17.7. The van der Waals surface area contributed by atoms with Crippen LogP contribution in [0.25, 0.3) is 0 Å². The third-order valence-corrected chi connectivity index (χ3v) is 4.21. The van der Waals surface area contributed by atoms with Crippen molar-refractivity contribution in [1.82, 2.24) is 14.0 Å². The predicted octanol–water partition coefficient (Wildman–Crippen LogP) is -1.36. The summed E-state index contributed by atoms with van der Waals surface area (Å²) < 4.78 is 7.15. The Kier molecular flexibility index (Phi) is 5.09. The summed E-state index contributed by atoms with van der Waals surface area (Å²) in [5.74, 6) is 0.0310. The molecule has 0 aliphatic carbocycles. The van der Waals surface area contributed by atoms with Gasteiger partial charge in [-0.25, -0.2) is 4.79 Å². The molecule has 0 atom stereocenters. The van der Waals surface area contributed by atoms with E-state index in [-0.39, 0.29) is 24.1 Å². The van der Waals surface area contributed by atoms with Crippen LogP contribution in [-0.2, 0) is 23.6 Å². The minimum Gasteiger partial charge on any atom is -0.465 e. The highest BCUT2D eigenvalue weighted by Crippen LogP contribution is 2.23. The zero-order valence-electron chi connectivity index (χ0n) is 14.3. The third-order valence-electron chi connectivity index (χ3n) is 4.21. The Labute approximate surface area is 139 Å². The smallest absolute Gasteiger partial charge is 0.332 e. The molecule has 1 saturated heterocycles. The van der Waals surface area contributed by atoms with Crippen LogP contribution in [0, 0.1) is 11.3 Å². The van der Waals surface area contributed by atoms with E-state index in [0.29, 0.717) is 25.5 Å². The Morgan fingerprint density at radius 2 is 1.96 bits per heavy atom. The fraction of sp³-hybridized carbons (Fsp3) is 0.600. The van der Waals surface area contributed by atoms with Gasteiger partial charge in [-0.05, 0) is 14.0 Å². The van der Waals surface area contributed by atoms with E-state index in [2.05, 4.69) is 0 Å². The molecule has 0 bridgehead atoms. The molecule has 1 aliphatic rings. The van der Waals surface area contributed by atoms with E-state index in [1.54, 1.807) is 11.8 Å². The van der Waals surface area contributed by atoms with Gasteiger partial charge in [-0.2, -0.15) is 5.26 Å². The number of nitriles is 1. The fourth-order valence-corrected chi connectivity index (χ4v) is 2.75. The second-order valence-corrected chi connectivity index (χ2v) is 5.80. The molecule has 0 aromatic carbocycles. The van der Waals surface area contributed by atoms with Crippen molar-refractivity contribution in [3.05, 3.63) is 26.4 Å². The first-order chi connectivity index (χ1) is 11.3. The van der Waals surface area contributed by atoms with E-state index in [1.807, 2.05) is 18.0 Å². The zero-order chi connectivity index (χ0) is 18.0. The van der Waals surface area contributed by atoms with Crippen LogP contribution in [0.15, 0.2) is 9.59 Å². The van der Waals surface area contributed by atoms with Crippen LogP contribution in [0.4, 0.5) is 5.82 Å². The maximum Gasteiger partial charge on any atom is 0.332 e. The monoisotopic (exact) mass is 335 g/mol. The molecular formula is C15H21N5O4. The largest absolute Gasteiger partial charge is 0.465 e. The Morgan fingerprint density at radius 1 is 1.33 bits per heavy atom. The maximum atomic E-state index is 12.1. The number of rotatable bonds is 5. The van der Waals surface area contributed by atoms with Crippen LogP contribution in [-0.4, -0.2) is 59.3 Å². The highest BCUT2D eigenvalue weighted by molar-refractivity contribution is 5.71. The number of carbonyl (C=O) groups excluding carboxylic acids is 1. The molecule has 24 heavy (non-hydrogen) atoms. The van der Waals surface area contributed by atoms with E-state index >= 15 is 0 Å². The first-order valence-corrected chi connectivity index (χ1v) is 7.62. The molecule has 0 amide bonds. The Balaban J connectivity index is 2.17. The molecule has 0 N–H and O–H groups in total. The van der Waals surface area contributed by atoms with Gasteiger partial charge in [0.05, 0.1) is 13.2 Å². The van der Waals surface area contributed by atoms with E-state index in [9.17, 15) is 19.6 Å². The van der Waals surface area contributed by atoms with Crippen molar-refractivity contribution < 1.29 is 9.53 Å². The Bertz CT molecular complexity index is 798. The molecule has 0 unspecified atom stereocenters. The number of ether oxygens (including phenoxy) is 1. The molecule has 1 aromatic rings. The minimum atomic E-state index is -0.598. The Hall–Kier alpha value is -2.60. The molecule has 2 heterocycles. The molecule has 1 aliphatic heterocycles. The average molecular weight is 335 g/mol. The number of nitrogens with zero attached hydrogens (tertiary/aromatic N) is 5. The standard InChI is InChI=1S/C15H21N5O4/c1-5-24-12(21)9-17(2)10-7-20(8-10)13-11(6-16)14(22)19(4)15(23)18(13)3/h10H,5,7-9H2,1-4H3. The van der Waals surface area contributed by atoms with Crippen LogP contribution in [0.1, 0.15) is 12.5 Å². The highest BCUT2D eigenvalue weighted by Gasteiger charge is 2.34. The average Bonchev–Trinajstić information content (AvgIpc) is 2.49. The molecule has 0 saturated carbocycles. The van der Waals surface area contributed by atoms with E-state index in [0.717, 1.165) is 4.57 Å². The van der Waals surface area contributed by atoms with Crippen molar-refractivity contribution in [1.29, 1.82) is 5.26 Å². The summed E-state index contributed by atoms with van der Waals surface area (Å²) in [5, 5.41) is 9.28. The van der Waals surface area contributed by atoms with Gasteiger partial charge < -0.3 is 9.64 Å². The lowest BCUT2D eigenvalue weighted by Gasteiger charge is -2.45. The summed E-state index contributed by atoms with van der Waals surface area (Å²) in [4.78, 5) is 39.4. The van der Waals surface area contributed by atoms with Gasteiger partial charge in [0, 0.05) is 33.2 Å². The SMILES string of the molecule is CCOC(=O)CN(C)C1CN(c2c(C#N)c(=O)n(C)c(=O)n2C)C1. The van der Waals surface area contributed by atoms with Crippen LogP contribution >= 0.6 is 0 Å². The number of hydrogen-bond donors (Lipinski definition) is 0. The molecule has 9 nitrogen and oxygen atoms in total. The summed E-state index contributed by atoms with van der Waals surface area (Å²) in [6.45, 7) is 3.30. The molecule has 0 spiro atoms. The van der Waals surface area contributed by atoms with Gasteiger partial charge in [0.15, 0.2) is 5.56 Å². The molecule has 0 radical (unpaired) electrons. The summed E-state index contributed by atoms with van der Waals surface area (Å²) in [7, 11) is 4.70. The summed E-state index contributed by atoms with van der Waals surface area (Å²) >= 11 is 0. The van der Waals surface area contributed by atoms with Gasteiger partial charge in [0.2, 0.25) is 0 Å². The molecule has 1 fully saturated rings. The molecule has 9 heteroatoms. The van der Waals surface area contributed by atoms with Gasteiger partial charge in [0.1, 0.15) is 11.9 Å². The zero-order valence-corrected chi connectivity index (χ0v) is 14.3. The fourth-order valence-electron chi connectivity index (χ4n) is 2.75. The van der Waals surface area contributed by atoms with Gasteiger partial charge in [-0.3, -0.25) is 23.6 Å². The van der Waals surface area contributed by atoms with Crippen molar-refractivity contribution in [3.63, 3.8) is 0 Å². The molecule has 130 valence electrons. The third kappa shape index (κ3) is 3.05. The van der Waals surface area contributed by atoms with Crippen molar-refractivity contribution >= 4 is 11.8 Å². The van der Waals surface area contributed by atoms with E-state index in [4.69, 9.17) is 4.74 Å². The van der Waals surface area contributed by atoms with Crippen molar-refractivity contribution in [2.75, 3.05) is 38.2 Å². The number of anilines is 1. The van der Waals surface area contributed by atoms with Crippen LogP contribution in [0.2, 0.25) is 0 Å². The quantitative estimate of drug-likeness (QED) is 0.613. The van der Waals surface area contributed by atoms with Gasteiger partial charge >= 0.3 is 11.7 Å². The number of carbonyl (C=O) groups is 1. The number of hydrogen-bond acceptors (Lipinski definition) is 7. The second kappa shape index (κ2) is 6.88.